The summed E-state index contributed by atoms with van der Waals surface area (Å²) in [6, 6.07) is 7.15. The van der Waals surface area contributed by atoms with Crippen LogP contribution in [0, 0.1) is 0 Å². The van der Waals surface area contributed by atoms with Crippen LogP contribution < -0.4 is 10.6 Å². The van der Waals surface area contributed by atoms with Crippen molar-refractivity contribution in [3.05, 3.63) is 29.8 Å². The number of halogens is 1. The molecule has 0 saturated carbocycles. The molecule has 0 bridgehead atoms. The lowest BCUT2D eigenvalue weighted by molar-refractivity contribution is 0.208. The number of nitrogens with one attached hydrogen (secondary N) is 2. The molecule has 0 aliphatic carbocycles. The summed E-state index contributed by atoms with van der Waals surface area (Å²) in [7, 11) is -1.71. The molecule has 1 rings (SSSR count). The van der Waals surface area contributed by atoms with E-state index in [0.717, 1.165) is 5.56 Å². The summed E-state index contributed by atoms with van der Waals surface area (Å²) in [5.74, 6) is 0.606. The van der Waals surface area contributed by atoms with Crippen LogP contribution in [0.15, 0.2) is 34.2 Å². The zero-order valence-electron chi connectivity index (χ0n) is 16.3. The zero-order valence-corrected chi connectivity index (χ0v) is 19.5. The van der Waals surface area contributed by atoms with Crippen LogP contribution in [0.2, 0.25) is 0 Å². The van der Waals surface area contributed by atoms with Gasteiger partial charge in [-0.15, -0.1) is 24.0 Å². The number of aliphatic imine (C=N–C) groups is 1. The minimum absolute atomic E-state index is 0. The van der Waals surface area contributed by atoms with E-state index in [1.165, 1.54) is 0 Å². The van der Waals surface area contributed by atoms with Crippen LogP contribution >= 0.6 is 24.0 Å². The average molecular weight is 497 g/mol. The minimum Gasteiger partial charge on any atom is -0.383 e. The molecular formula is C18H32IN3O3S. The lowest BCUT2D eigenvalue weighted by Crippen LogP contribution is -2.39. The Morgan fingerprint density at radius 2 is 1.77 bits per heavy atom. The van der Waals surface area contributed by atoms with Crippen molar-refractivity contribution in [1.82, 2.24) is 10.6 Å². The molecule has 2 N–H and O–H groups in total. The van der Waals surface area contributed by atoms with Crippen molar-refractivity contribution in [2.24, 2.45) is 4.99 Å². The number of sulfone groups is 1. The third kappa shape index (κ3) is 8.68. The topological polar surface area (TPSA) is 79.8 Å². The normalized spacial score (nSPS) is 12.4. The number of guanidine groups is 1. The summed E-state index contributed by atoms with van der Waals surface area (Å²) in [6.07, 6.45) is 0. The van der Waals surface area contributed by atoms with Gasteiger partial charge in [0, 0.05) is 20.2 Å². The fraction of sp³-hybridized carbons (Fsp3) is 0.611. The van der Waals surface area contributed by atoms with Crippen molar-refractivity contribution in [2.45, 2.75) is 38.0 Å². The Morgan fingerprint density at radius 3 is 2.27 bits per heavy atom. The van der Waals surface area contributed by atoms with Gasteiger partial charge in [-0.05, 0) is 30.0 Å². The quantitative estimate of drug-likeness (QED) is 0.250. The van der Waals surface area contributed by atoms with E-state index in [4.69, 9.17) is 4.74 Å². The Labute approximate surface area is 175 Å². The number of methoxy groups -OCH3 is 1. The maximum absolute atomic E-state index is 12.5. The highest BCUT2D eigenvalue weighted by atomic mass is 127. The number of hydrogen-bond donors (Lipinski definition) is 2. The number of rotatable bonds is 8. The maximum atomic E-state index is 12.5. The van der Waals surface area contributed by atoms with Gasteiger partial charge in [0.15, 0.2) is 15.8 Å². The van der Waals surface area contributed by atoms with Crippen molar-refractivity contribution in [2.75, 3.05) is 39.1 Å². The lowest BCUT2D eigenvalue weighted by atomic mass is 9.87. The Bertz CT molecular complexity index is 653. The molecule has 0 fully saturated rings. The van der Waals surface area contributed by atoms with Crippen LogP contribution in [0.5, 0.6) is 0 Å². The van der Waals surface area contributed by atoms with Gasteiger partial charge in [0.25, 0.3) is 0 Å². The molecule has 0 aliphatic rings. The Hall–Kier alpha value is -0.870. The highest BCUT2D eigenvalue weighted by Crippen LogP contribution is 2.23. The van der Waals surface area contributed by atoms with Crippen molar-refractivity contribution in [3.8, 4) is 0 Å². The van der Waals surface area contributed by atoms with Crippen molar-refractivity contribution < 1.29 is 13.2 Å². The van der Waals surface area contributed by atoms with Gasteiger partial charge in [-0.3, -0.25) is 4.99 Å². The standard InChI is InChI=1S/C18H31N3O3S.HI/c1-6-19-17(20-11-13-24-5)21-12-14-25(22,23)16-9-7-15(8-10-16)18(2,3)4;/h7-10H,6,11-14H2,1-5H3,(H2,19,20,21);1H. The van der Waals surface area contributed by atoms with Gasteiger partial charge in [0.1, 0.15) is 0 Å². The number of benzene rings is 1. The van der Waals surface area contributed by atoms with Crippen LogP contribution in [0.3, 0.4) is 0 Å². The van der Waals surface area contributed by atoms with Gasteiger partial charge in [0.05, 0.1) is 23.8 Å². The van der Waals surface area contributed by atoms with Crippen LogP contribution in [0.4, 0.5) is 0 Å². The molecular weight excluding hydrogens is 465 g/mol. The molecule has 150 valence electrons. The number of ether oxygens (including phenoxy) is 1. The summed E-state index contributed by atoms with van der Waals surface area (Å²) in [6.45, 7) is 10.3. The molecule has 0 aromatic heterocycles. The molecule has 0 atom stereocenters. The third-order valence-electron chi connectivity index (χ3n) is 3.65. The first-order valence-electron chi connectivity index (χ1n) is 8.55. The molecule has 6 nitrogen and oxygen atoms in total. The van der Waals surface area contributed by atoms with Gasteiger partial charge >= 0.3 is 0 Å². The van der Waals surface area contributed by atoms with Gasteiger partial charge in [-0.25, -0.2) is 8.42 Å². The third-order valence-corrected chi connectivity index (χ3v) is 5.38. The predicted molar refractivity (Wildman–Crippen MR) is 118 cm³/mol. The van der Waals surface area contributed by atoms with Gasteiger partial charge in [-0.2, -0.15) is 0 Å². The van der Waals surface area contributed by atoms with E-state index in [1.54, 1.807) is 19.2 Å². The molecule has 0 unspecified atom stereocenters. The fourth-order valence-corrected chi connectivity index (χ4v) is 3.33. The van der Waals surface area contributed by atoms with Crippen LogP contribution in [0.25, 0.3) is 0 Å². The molecule has 26 heavy (non-hydrogen) atoms. The molecule has 0 spiro atoms. The van der Waals surface area contributed by atoms with E-state index in [9.17, 15) is 8.42 Å². The Morgan fingerprint density at radius 1 is 1.15 bits per heavy atom. The number of hydrogen-bond acceptors (Lipinski definition) is 4. The summed E-state index contributed by atoms with van der Waals surface area (Å²) >= 11 is 0. The Kier molecular flexibility index (Phi) is 11.4. The summed E-state index contributed by atoms with van der Waals surface area (Å²) < 4.78 is 29.9. The minimum atomic E-state index is -3.33. The van der Waals surface area contributed by atoms with Gasteiger partial charge in [0.2, 0.25) is 0 Å². The molecule has 0 heterocycles. The first-order chi connectivity index (χ1) is 11.7. The Balaban J connectivity index is 0.00000625. The molecule has 1 aromatic carbocycles. The van der Waals surface area contributed by atoms with E-state index in [1.807, 2.05) is 19.1 Å². The molecule has 0 saturated heterocycles. The average Bonchev–Trinajstić information content (AvgIpc) is 2.54. The van der Waals surface area contributed by atoms with Crippen LogP contribution in [-0.2, 0) is 20.0 Å². The smallest absolute Gasteiger partial charge is 0.191 e. The largest absolute Gasteiger partial charge is 0.383 e. The second-order valence-corrected chi connectivity index (χ2v) is 8.88. The van der Waals surface area contributed by atoms with E-state index >= 15 is 0 Å². The number of nitrogens with zero attached hydrogens (tertiary/aromatic N) is 1. The highest BCUT2D eigenvalue weighted by molar-refractivity contribution is 14.0. The van der Waals surface area contributed by atoms with Crippen molar-refractivity contribution >= 4 is 39.8 Å². The SMILES string of the molecule is CCNC(=NCCOC)NCCS(=O)(=O)c1ccc(C(C)(C)C)cc1.I. The summed E-state index contributed by atoms with van der Waals surface area (Å²) in [5.41, 5.74) is 1.12. The maximum Gasteiger partial charge on any atom is 0.191 e. The lowest BCUT2D eigenvalue weighted by Gasteiger charge is -2.19. The van der Waals surface area contributed by atoms with Crippen LogP contribution in [-0.4, -0.2) is 53.5 Å². The highest BCUT2D eigenvalue weighted by Gasteiger charge is 2.17. The summed E-state index contributed by atoms with van der Waals surface area (Å²) in [4.78, 5) is 4.66. The summed E-state index contributed by atoms with van der Waals surface area (Å²) in [5, 5.41) is 6.13. The van der Waals surface area contributed by atoms with Gasteiger partial charge < -0.3 is 15.4 Å². The van der Waals surface area contributed by atoms with E-state index in [2.05, 4.69) is 36.4 Å². The molecule has 8 heteroatoms. The predicted octanol–water partition coefficient (Wildman–Crippen LogP) is 2.58. The molecule has 1 aromatic rings. The van der Waals surface area contributed by atoms with Crippen molar-refractivity contribution in [3.63, 3.8) is 0 Å². The van der Waals surface area contributed by atoms with Crippen LogP contribution in [0.1, 0.15) is 33.3 Å². The van der Waals surface area contributed by atoms with Gasteiger partial charge in [-0.1, -0.05) is 32.9 Å². The van der Waals surface area contributed by atoms with E-state index < -0.39 is 9.84 Å². The van der Waals surface area contributed by atoms with Crippen molar-refractivity contribution in [1.29, 1.82) is 0 Å². The monoisotopic (exact) mass is 497 g/mol. The first kappa shape index (κ1) is 25.1. The van der Waals surface area contributed by atoms with E-state index in [-0.39, 0.29) is 35.1 Å². The first-order valence-corrected chi connectivity index (χ1v) is 10.2. The fourth-order valence-electron chi connectivity index (χ4n) is 2.17. The molecule has 0 radical (unpaired) electrons. The van der Waals surface area contributed by atoms with E-state index in [0.29, 0.717) is 37.1 Å². The zero-order chi connectivity index (χ0) is 18.9. The second kappa shape index (κ2) is 11.8. The molecule has 0 aliphatic heterocycles. The second-order valence-electron chi connectivity index (χ2n) is 6.77. The molecule has 0 amide bonds.